The fourth-order valence-electron chi connectivity index (χ4n) is 2.24. The smallest absolute Gasteiger partial charge is 0.101 e. The Labute approximate surface area is 177 Å². The summed E-state index contributed by atoms with van der Waals surface area (Å²) >= 11 is 0. The van der Waals surface area contributed by atoms with Crippen LogP contribution in [0.4, 0.5) is 0 Å². The van der Waals surface area contributed by atoms with Gasteiger partial charge in [-0.1, -0.05) is 0 Å². The molecule has 0 aliphatic heterocycles. The molecule has 0 radical (unpaired) electrons. The van der Waals surface area contributed by atoms with E-state index in [0.717, 1.165) is 9.80 Å². The number of aliphatic hydroxyl groups is 6. The molecule has 0 saturated heterocycles. The topological polar surface area (TPSA) is 211 Å². The molecule has 12 nitrogen and oxygen atoms in total. The maximum atomic E-state index is 9.77. The van der Waals surface area contributed by atoms with Gasteiger partial charge in [0.1, 0.15) is 39.3 Å². The Morgan fingerprint density at radius 2 is 0.700 bits per heavy atom. The molecule has 0 aliphatic rings. The number of nitrogens with one attached hydrogen (secondary N) is 2. The number of aliphatic carboxylic acids is 2. The monoisotopic (exact) mass is 444 g/mol. The number of hydrogen-bond acceptors (Lipinski definition) is 10. The van der Waals surface area contributed by atoms with E-state index < -0.39 is 11.9 Å². The van der Waals surface area contributed by atoms with Crippen molar-refractivity contribution >= 4 is 11.9 Å². The molecule has 8 N–H and O–H groups in total. The lowest BCUT2D eigenvalue weighted by Crippen LogP contribution is -3.13. The van der Waals surface area contributed by atoms with E-state index in [1.807, 2.05) is 0 Å². The molecule has 30 heavy (non-hydrogen) atoms. The molecule has 0 unspecified atom stereocenters. The van der Waals surface area contributed by atoms with Crippen molar-refractivity contribution < 1.29 is 60.2 Å². The van der Waals surface area contributed by atoms with Crippen LogP contribution in [0.25, 0.3) is 0 Å². The highest BCUT2D eigenvalue weighted by Crippen LogP contribution is 1.96. The first-order chi connectivity index (χ1) is 14.3. The number of quaternary nitrogens is 2. The van der Waals surface area contributed by atoms with Crippen molar-refractivity contribution in [3.05, 3.63) is 0 Å². The first-order valence-corrected chi connectivity index (χ1v) is 10.0. The second-order valence-electron chi connectivity index (χ2n) is 6.29. The van der Waals surface area contributed by atoms with Crippen LogP contribution >= 0.6 is 0 Å². The van der Waals surface area contributed by atoms with Crippen molar-refractivity contribution in [2.45, 2.75) is 25.7 Å². The van der Waals surface area contributed by atoms with Gasteiger partial charge < -0.3 is 60.2 Å². The van der Waals surface area contributed by atoms with Crippen molar-refractivity contribution in [3.63, 3.8) is 0 Å². The Bertz CT molecular complexity index is 312. The third-order valence-electron chi connectivity index (χ3n) is 3.80. The minimum atomic E-state index is -1.14. The van der Waals surface area contributed by atoms with Gasteiger partial charge in [0, 0.05) is 11.9 Å². The molecule has 0 fully saturated rings. The summed E-state index contributed by atoms with van der Waals surface area (Å²) in [7, 11) is 0. The average molecular weight is 445 g/mol. The summed E-state index contributed by atoms with van der Waals surface area (Å²) in [6, 6.07) is 0. The molecule has 0 saturated carbocycles. The Kier molecular flexibility index (Phi) is 30.6. The number of carbonyl (C=O) groups excluding carboxylic acids is 2. The average Bonchev–Trinajstić information content (AvgIpc) is 2.67. The molecule has 0 spiro atoms. The van der Waals surface area contributed by atoms with Gasteiger partial charge in [0.25, 0.3) is 0 Å². The zero-order chi connectivity index (χ0) is 23.6. The SMILES string of the molecule is O=C([O-])CCCCC(=O)[O-].OCC[NH+](CCO)CCO.OCC[NH+](CCO)CCO. The Balaban J connectivity index is -0.000000364. The summed E-state index contributed by atoms with van der Waals surface area (Å²) in [6.07, 6.45) is 0.535. The fraction of sp³-hybridized carbons (Fsp3) is 0.889. The van der Waals surface area contributed by atoms with E-state index in [0.29, 0.717) is 52.1 Å². The number of hydrogen-bond donors (Lipinski definition) is 8. The highest BCUT2D eigenvalue weighted by molar-refractivity contribution is 5.65. The second-order valence-corrected chi connectivity index (χ2v) is 6.29. The second kappa shape index (κ2) is 27.6. The molecular weight excluding hydrogens is 404 g/mol. The molecule has 0 heterocycles. The minimum Gasteiger partial charge on any atom is -0.550 e. The zero-order valence-corrected chi connectivity index (χ0v) is 17.6. The van der Waals surface area contributed by atoms with Crippen molar-refractivity contribution in [2.24, 2.45) is 0 Å². The van der Waals surface area contributed by atoms with E-state index in [1.165, 1.54) is 0 Å². The van der Waals surface area contributed by atoms with Crippen LogP contribution in [0.5, 0.6) is 0 Å². The van der Waals surface area contributed by atoms with Crippen LogP contribution in [0.2, 0.25) is 0 Å². The Morgan fingerprint density at radius 1 is 0.500 bits per heavy atom. The zero-order valence-electron chi connectivity index (χ0n) is 17.6. The normalized spacial score (nSPS) is 10.3. The number of rotatable bonds is 17. The molecule has 12 heteroatoms. The summed E-state index contributed by atoms with van der Waals surface area (Å²) in [5.74, 6) is -2.28. The molecule has 182 valence electrons. The Hall–Kier alpha value is -1.38. The van der Waals surface area contributed by atoms with Crippen molar-refractivity contribution in [1.29, 1.82) is 0 Å². The third kappa shape index (κ3) is 31.3. The van der Waals surface area contributed by atoms with Crippen LogP contribution in [0, 0.1) is 0 Å². The minimum absolute atomic E-state index is 0.0761. The van der Waals surface area contributed by atoms with Gasteiger partial charge in [0.05, 0.1) is 39.6 Å². The molecule has 0 amide bonds. The molecule has 0 atom stereocenters. The van der Waals surface area contributed by atoms with Crippen molar-refractivity contribution in [1.82, 2.24) is 0 Å². The van der Waals surface area contributed by atoms with Gasteiger partial charge in [-0.15, -0.1) is 0 Å². The van der Waals surface area contributed by atoms with Crippen LogP contribution in [-0.4, -0.2) is 121 Å². The first-order valence-electron chi connectivity index (χ1n) is 10.0. The number of carboxylic acid groups (broad SMARTS) is 2. The number of carboxylic acids is 2. The fourth-order valence-corrected chi connectivity index (χ4v) is 2.24. The summed E-state index contributed by atoms with van der Waals surface area (Å²) < 4.78 is 0. The molecule has 0 aromatic rings. The van der Waals surface area contributed by atoms with Gasteiger partial charge in [-0.3, -0.25) is 0 Å². The number of unbranched alkanes of at least 4 members (excludes halogenated alkanes) is 1. The van der Waals surface area contributed by atoms with E-state index in [9.17, 15) is 19.8 Å². The van der Waals surface area contributed by atoms with Gasteiger partial charge in [-0.2, -0.15) is 0 Å². The lowest BCUT2D eigenvalue weighted by Gasteiger charge is -2.15. The van der Waals surface area contributed by atoms with Gasteiger partial charge in [-0.25, -0.2) is 0 Å². The molecular formula is C18H40N2O10. The predicted molar refractivity (Wildman–Crippen MR) is 102 cm³/mol. The first kappa shape index (κ1) is 33.3. The molecule has 0 aromatic heterocycles. The van der Waals surface area contributed by atoms with E-state index in [-0.39, 0.29) is 52.5 Å². The maximum Gasteiger partial charge on any atom is 0.101 e. The van der Waals surface area contributed by atoms with Crippen LogP contribution in [0.15, 0.2) is 0 Å². The lowest BCUT2D eigenvalue weighted by atomic mass is 10.2. The predicted octanol–water partition coefficient (Wildman–Crippen LogP) is -8.26. The van der Waals surface area contributed by atoms with Crippen LogP contribution in [0.1, 0.15) is 25.7 Å². The highest BCUT2D eigenvalue weighted by atomic mass is 16.4. The molecule has 0 aliphatic carbocycles. The van der Waals surface area contributed by atoms with Crippen LogP contribution in [0.3, 0.4) is 0 Å². The lowest BCUT2D eigenvalue weighted by molar-refractivity contribution is -0.901. The van der Waals surface area contributed by atoms with Crippen LogP contribution < -0.4 is 20.0 Å². The molecule has 0 aromatic carbocycles. The standard InChI is InChI=1S/2C6H15NO3.C6H10O4/c2*8-4-1-7(2-5-9)3-6-10;7-5(8)3-1-2-4-6(9)10/h2*8-10H,1-6H2;1-4H2,(H,7,8)(H,9,10). The van der Waals surface area contributed by atoms with E-state index in [1.54, 1.807) is 0 Å². The van der Waals surface area contributed by atoms with E-state index >= 15 is 0 Å². The van der Waals surface area contributed by atoms with E-state index in [2.05, 4.69) is 0 Å². The summed E-state index contributed by atoms with van der Waals surface area (Å²) in [6.45, 7) is 4.23. The summed E-state index contributed by atoms with van der Waals surface area (Å²) in [5.41, 5.74) is 0. The highest BCUT2D eigenvalue weighted by Gasteiger charge is 2.04. The van der Waals surface area contributed by atoms with Gasteiger partial charge in [-0.05, 0) is 25.7 Å². The van der Waals surface area contributed by atoms with Gasteiger partial charge >= 0.3 is 0 Å². The van der Waals surface area contributed by atoms with E-state index in [4.69, 9.17) is 30.6 Å². The van der Waals surface area contributed by atoms with Gasteiger partial charge in [0.2, 0.25) is 0 Å². The van der Waals surface area contributed by atoms with Crippen molar-refractivity contribution in [2.75, 3.05) is 78.9 Å². The molecule has 0 rings (SSSR count). The summed E-state index contributed by atoms with van der Waals surface area (Å²) in [5, 5.41) is 70.6. The van der Waals surface area contributed by atoms with Gasteiger partial charge in [0.15, 0.2) is 0 Å². The Morgan fingerprint density at radius 3 is 0.833 bits per heavy atom. The number of carbonyl (C=O) groups is 2. The third-order valence-corrected chi connectivity index (χ3v) is 3.80. The van der Waals surface area contributed by atoms with Crippen LogP contribution in [-0.2, 0) is 9.59 Å². The largest absolute Gasteiger partial charge is 0.550 e. The number of aliphatic hydroxyl groups excluding tert-OH is 6. The van der Waals surface area contributed by atoms with Crippen molar-refractivity contribution in [3.8, 4) is 0 Å². The summed E-state index contributed by atoms with van der Waals surface area (Å²) in [4.78, 5) is 21.6. The maximum absolute atomic E-state index is 9.77. The quantitative estimate of drug-likeness (QED) is 0.0993. The molecule has 0 bridgehead atoms.